The minimum Gasteiger partial charge on any atom is -0.497 e. The number of nitrogens with zero attached hydrogens (tertiary/aromatic N) is 1. The van der Waals surface area contributed by atoms with Crippen LogP contribution in [0, 0.1) is 0 Å². The number of ether oxygens (including phenoxy) is 3. The topological polar surface area (TPSA) is 92.9 Å². The molecule has 0 radical (unpaired) electrons. The average molecular weight is 474 g/mol. The lowest BCUT2D eigenvalue weighted by atomic mass is 10.1. The second-order valence-corrected chi connectivity index (χ2v) is 7.88. The molecule has 0 fully saturated rings. The van der Waals surface area contributed by atoms with Gasteiger partial charge in [0.25, 0.3) is 5.56 Å². The quantitative estimate of drug-likeness (QED) is 0.384. The Morgan fingerprint density at radius 2 is 1.51 bits per heavy atom. The van der Waals surface area contributed by atoms with Crippen LogP contribution in [0.25, 0.3) is 10.9 Å². The highest BCUT2D eigenvalue weighted by Gasteiger charge is 2.20. The first-order valence-corrected chi connectivity index (χ1v) is 11.0. The van der Waals surface area contributed by atoms with E-state index in [1.165, 1.54) is 0 Å². The summed E-state index contributed by atoms with van der Waals surface area (Å²) in [5, 5.41) is 3.71. The molecular weight excluding hydrogens is 446 g/mol. The maximum atomic E-state index is 13.5. The molecule has 180 valence electrons. The lowest BCUT2D eigenvalue weighted by Crippen LogP contribution is -2.36. The number of para-hydroxylation sites is 3. The minimum absolute atomic E-state index is 0.0709. The molecule has 0 bridgehead atoms. The molecule has 35 heavy (non-hydrogen) atoms. The van der Waals surface area contributed by atoms with E-state index in [-0.39, 0.29) is 24.7 Å². The molecule has 0 aliphatic carbocycles. The van der Waals surface area contributed by atoms with E-state index < -0.39 is 0 Å². The van der Waals surface area contributed by atoms with E-state index in [2.05, 4.69) is 10.3 Å². The van der Waals surface area contributed by atoms with Gasteiger partial charge in [0, 0.05) is 22.0 Å². The lowest BCUT2D eigenvalue weighted by Gasteiger charge is -2.24. The van der Waals surface area contributed by atoms with E-state index >= 15 is 0 Å². The molecule has 0 atom stereocenters. The van der Waals surface area contributed by atoms with Crippen molar-refractivity contribution in [2.45, 2.75) is 13.1 Å². The number of nitrogens with one attached hydrogen (secondary N) is 2. The van der Waals surface area contributed by atoms with Crippen molar-refractivity contribution in [2.75, 3.05) is 26.6 Å². The summed E-state index contributed by atoms with van der Waals surface area (Å²) in [5.74, 6) is 1.86. The van der Waals surface area contributed by atoms with Crippen LogP contribution in [0.3, 0.4) is 0 Å². The predicted octanol–water partition coefficient (Wildman–Crippen LogP) is 4.79. The molecule has 1 aromatic heterocycles. The third-order valence-corrected chi connectivity index (χ3v) is 5.68. The number of aromatic nitrogens is 1. The van der Waals surface area contributed by atoms with Crippen LogP contribution in [0.2, 0.25) is 0 Å². The molecule has 4 rings (SSSR count). The van der Waals surface area contributed by atoms with Crippen molar-refractivity contribution in [3.8, 4) is 17.2 Å². The first kappa shape index (κ1) is 23.7. The van der Waals surface area contributed by atoms with E-state index in [1.807, 2.05) is 42.5 Å². The van der Waals surface area contributed by atoms with Crippen LogP contribution in [0.15, 0.2) is 77.6 Å². The predicted molar refractivity (Wildman–Crippen MR) is 135 cm³/mol. The number of benzene rings is 3. The standard InChI is InChI=1S/C27H27N3O5/c1-33-21-12-13-22-19(15-21)14-20(26(31)28-22)17-30(16-18-8-4-6-10-24(18)34-2)27(32)29-23-9-5-7-11-25(23)35-3/h4-15H,16-17H2,1-3H3,(H,28,31)(H,29,32). The van der Waals surface area contributed by atoms with Gasteiger partial charge in [-0.05, 0) is 42.5 Å². The number of carbonyl (C=O) groups excluding carboxylic acids is 1. The van der Waals surface area contributed by atoms with Crippen molar-refractivity contribution in [3.63, 3.8) is 0 Å². The summed E-state index contributed by atoms with van der Waals surface area (Å²) in [5.41, 5.74) is 2.20. The Hall–Kier alpha value is -4.46. The molecule has 0 unspecified atom stereocenters. The van der Waals surface area contributed by atoms with Crippen LogP contribution in [0.5, 0.6) is 17.2 Å². The maximum absolute atomic E-state index is 13.5. The molecule has 8 heteroatoms. The second kappa shape index (κ2) is 10.6. The summed E-state index contributed by atoms with van der Waals surface area (Å²) in [6.07, 6.45) is 0. The summed E-state index contributed by atoms with van der Waals surface area (Å²) in [6, 6.07) is 21.4. The summed E-state index contributed by atoms with van der Waals surface area (Å²) in [6.45, 7) is 0.294. The molecule has 1 heterocycles. The maximum Gasteiger partial charge on any atom is 0.322 e. The van der Waals surface area contributed by atoms with Crippen LogP contribution in [-0.4, -0.2) is 37.2 Å². The normalized spacial score (nSPS) is 10.6. The van der Waals surface area contributed by atoms with Crippen LogP contribution < -0.4 is 25.1 Å². The number of rotatable bonds is 8. The molecule has 0 saturated heterocycles. The van der Waals surface area contributed by atoms with Gasteiger partial charge in [-0.3, -0.25) is 4.79 Å². The van der Waals surface area contributed by atoms with Gasteiger partial charge in [-0.25, -0.2) is 4.79 Å². The Balaban J connectivity index is 1.70. The molecule has 2 amide bonds. The molecular formula is C27H27N3O5. The second-order valence-electron chi connectivity index (χ2n) is 7.88. The van der Waals surface area contributed by atoms with Crippen molar-refractivity contribution < 1.29 is 19.0 Å². The Kier molecular flexibility index (Phi) is 7.21. The number of pyridine rings is 1. The Morgan fingerprint density at radius 1 is 0.829 bits per heavy atom. The summed E-state index contributed by atoms with van der Waals surface area (Å²) >= 11 is 0. The van der Waals surface area contributed by atoms with Crippen molar-refractivity contribution >= 4 is 22.6 Å². The van der Waals surface area contributed by atoms with E-state index in [9.17, 15) is 9.59 Å². The monoisotopic (exact) mass is 473 g/mol. The van der Waals surface area contributed by atoms with Crippen molar-refractivity contribution in [1.82, 2.24) is 9.88 Å². The van der Waals surface area contributed by atoms with E-state index in [0.717, 1.165) is 10.9 Å². The average Bonchev–Trinajstić information content (AvgIpc) is 2.88. The van der Waals surface area contributed by atoms with Crippen LogP contribution in [0.1, 0.15) is 11.1 Å². The van der Waals surface area contributed by atoms with Crippen molar-refractivity contribution in [1.29, 1.82) is 0 Å². The van der Waals surface area contributed by atoms with Gasteiger partial charge in [-0.2, -0.15) is 0 Å². The minimum atomic E-state index is -0.384. The third-order valence-electron chi connectivity index (χ3n) is 5.68. The van der Waals surface area contributed by atoms with Crippen LogP contribution in [-0.2, 0) is 13.1 Å². The highest BCUT2D eigenvalue weighted by molar-refractivity contribution is 5.91. The lowest BCUT2D eigenvalue weighted by molar-refractivity contribution is 0.205. The first-order valence-electron chi connectivity index (χ1n) is 11.0. The highest BCUT2D eigenvalue weighted by Crippen LogP contribution is 2.26. The fourth-order valence-corrected chi connectivity index (χ4v) is 3.86. The molecule has 4 aromatic rings. The van der Waals surface area contributed by atoms with E-state index in [4.69, 9.17) is 14.2 Å². The number of hydrogen-bond donors (Lipinski definition) is 2. The molecule has 8 nitrogen and oxygen atoms in total. The fraction of sp³-hybridized carbons (Fsp3) is 0.185. The van der Waals surface area contributed by atoms with Gasteiger partial charge in [-0.15, -0.1) is 0 Å². The first-order chi connectivity index (χ1) is 17.0. The third kappa shape index (κ3) is 5.38. The van der Waals surface area contributed by atoms with Crippen LogP contribution in [0.4, 0.5) is 10.5 Å². The molecule has 2 N–H and O–H groups in total. The number of anilines is 1. The van der Waals surface area contributed by atoms with Gasteiger partial charge in [0.2, 0.25) is 0 Å². The van der Waals surface area contributed by atoms with Gasteiger partial charge in [0.15, 0.2) is 0 Å². The summed E-state index contributed by atoms with van der Waals surface area (Å²) in [4.78, 5) is 30.8. The number of amides is 2. The Labute approximate surface area is 203 Å². The van der Waals surface area contributed by atoms with Gasteiger partial charge in [0.1, 0.15) is 17.2 Å². The Bertz CT molecular complexity index is 1400. The van der Waals surface area contributed by atoms with Gasteiger partial charge in [-0.1, -0.05) is 30.3 Å². The zero-order chi connectivity index (χ0) is 24.8. The fourth-order valence-electron chi connectivity index (χ4n) is 3.86. The van der Waals surface area contributed by atoms with Gasteiger partial charge in [0.05, 0.1) is 40.1 Å². The molecule has 0 aliphatic rings. The number of fused-ring (bicyclic) bond motifs is 1. The number of H-pyrrole nitrogens is 1. The summed E-state index contributed by atoms with van der Waals surface area (Å²) < 4.78 is 16.2. The van der Waals surface area contributed by atoms with Crippen molar-refractivity contribution in [2.24, 2.45) is 0 Å². The number of methoxy groups -OCH3 is 3. The highest BCUT2D eigenvalue weighted by atomic mass is 16.5. The van der Waals surface area contributed by atoms with E-state index in [0.29, 0.717) is 34.0 Å². The summed E-state index contributed by atoms with van der Waals surface area (Å²) in [7, 11) is 4.71. The number of aromatic amines is 1. The number of hydrogen-bond acceptors (Lipinski definition) is 5. The van der Waals surface area contributed by atoms with Crippen molar-refractivity contribution in [3.05, 3.63) is 94.3 Å². The number of urea groups is 1. The molecule has 0 spiro atoms. The molecule has 0 saturated carbocycles. The van der Waals surface area contributed by atoms with Gasteiger partial charge < -0.3 is 29.4 Å². The zero-order valence-electron chi connectivity index (χ0n) is 19.8. The largest absolute Gasteiger partial charge is 0.497 e. The smallest absolute Gasteiger partial charge is 0.322 e. The van der Waals surface area contributed by atoms with Crippen LogP contribution >= 0.6 is 0 Å². The zero-order valence-corrected chi connectivity index (χ0v) is 19.8. The number of carbonyl (C=O) groups is 1. The van der Waals surface area contributed by atoms with Gasteiger partial charge >= 0.3 is 6.03 Å². The Morgan fingerprint density at radius 3 is 2.26 bits per heavy atom. The van der Waals surface area contributed by atoms with E-state index in [1.54, 1.807) is 56.6 Å². The molecule has 0 aliphatic heterocycles. The molecule has 3 aromatic carbocycles. The SMILES string of the molecule is COc1ccc2[nH]c(=O)c(CN(Cc3ccccc3OC)C(=O)Nc3ccccc3OC)cc2c1.